The molecule has 4 heterocycles. The summed E-state index contributed by atoms with van der Waals surface area (Å²) in [5.41, 5.74) is 6.34. The van der Waals surface area contributed by atoms with Crippen molar-refractivity contribution in [2.45, 2.75) is 22.8 Å². The molecule has 1 fully saturated rings. The van der Waals surface area contributed by atoms with Crippen LogP contribution in [-0.4, -0.2) is 47.2 Å². The number of hydrogen-bond donors (Lipinski definition) is 1. The molecule has 1 amide bonds. The molecule has 2 N–H and O–H groups in total. The van der Waals surface area contributed by atoms with Gasteiger partial charge in [-0.1, -0.05) is 16.8 Å². The number of benzene rings is 1. The number of piperidine rings is 1. The molecule has 160 valence electrons. The number of amides is 1. The third-order valence-electron chi connectivity index (χ3n) is 5.48. The number of thiophene rings is 1. The van der Waals surface area contributed by atoms with E-state index < -0.39 is 9.84 Å². The van der Waals surface area contributed by atoms with Gasteiger partial charge in [-0.05, 0) is 48.6 Å². The topological polar surface area (TPSA) is 124 Å². The summed E-state index contributed by atoms with van der Waals surface area (Å²) >= 11 is 7.39. The molecular formula is C19H17ClN6O3S2. The molecule has 3 aromatic heterocycles. The molecule has 5 rings (SSSR count). The number of carbonyl (C=O) groups excluding carboxylic acids is 1. The maximum absolute atomic E-state index is 13.2. The number of aromatic nitrogens is 4. The second kappa shape index (κ2) is 7.43. The number of sulfone groups is 1. The Morgan fingerprint density at radius 3 is 2.55 bits per heavy atom. The Morgan fingerprint density at radius 2 is 1.87 bits per heavy atom. The van der Waals surface area contributed by atoms with E-state index in [1.54, 1.807) is 0 Å². The van der Waals surface area contributed by atoms with Crippen molar-refractivity contribution in [3.63, 3.8) is 0 Å². The number of hydrogen-bond acceptors (Lipinski definition) is 8. The smallest absolute Gasteiger partial charge is 0.229 e. The van der Waals surface area contributed by atoms with Crippen LogP contribution >= 0.6 is 22.9 Å². The molecule has 0 bridgehead atoms. The Balaban J connectivity index is 1.64. The second-order valence-electron chi connectivity index (χ2n) is 7.32. The van der Waals surface area contributed by atoms with Crippen molar-refractivity contribution >= 4 is 60.4 Å². The Kier molecular flexibility index (Phi) is 4.83. The number of primary amides is 1. The molecule has 1 aliphatic rings. The number of carbonyl (C=O) groups is 1. The fraction of sp³-hybridized carbons (Fsp3) is 0.263. The van der Waals surface area contributed by atoms with Crippen LogP contribution < -0.4 is 10.6 Å². The molecule has 12 heteroatoms. The van der Waals surface area contributed by atoms with E-state index in [4.69, 9.17) is 22.3 Å². The molecule has 0 atom stereocenters. The Bertz CT molecular complexity index is 1410. The normalized spacial score (nSPS) is 15.7. The molecule has 9 nitrogen and oxygen atoms in total. The summed E-state index contributed by atoms with van der Waals surface area (Å²) in [7, 11) is -3.95. The van der Waals surface area contributed by atoms with Crippen LogP contribution in [0.2, 0.25) is 5.02 Å². The first-order chi connectivity index (χ1) is 14.9. The zero-order valence-electron chi connectivity index (χ0n) is 16.1. The summed E-state index contributed by atoms with van der Waals surface area (Å²) in [4.78, 5) is 18.3. The van der Waals surface area contributed by atoms with Gasteiger partial charge in [-0.25, -0.2) is 13.4 Å². The lowest BCUT2D eigenvalue weighted by molar-refractivity contribution is -0.122. The lowest BCUT2D eigenvalue weighted by Crippen LogP contribution is -2.39. The summed E-state index contributed by atoms with van der Waals surface area (Å²) in [6.07, 6.45) is 1.25. The van der Waals surface area contributed by atoms with Gasteiger partial charge in [-0.3, -0.25) is 4.79 Å². The zero-order valence-corrected chi connectivity index (χ0v) is 18.5. The van der Waals surface area contributed by atoms with Crippen molar-refractivity contribution in [1.82, 2.24) is 19.8 Å². The zero-order chi connectivity index (χ0) is 21.8. The first-order valence-corrected chi connectivity index (χ1v) is 12.3. The van der Waals surface area contributed by atoms with Crippen LogP contribution in [0.25, 0.3) is 15.9 Å². The minimum Gasteiger partial charge on any atom is -0.369 e. The molecule has 0 unspecified atom stereocenters. The maximum atomic E-state index is 13.2. The van der Waals surface area contributed by atoms with Gasteiger partial charge >= 0.3 is 0 Å². The van der Waals surface area contributed by atoms with Crippen LogP contribution in [0.15, 0.2) is 45.6 Å². The number of anilines is 1. The lowest BCUT2D eigenvalue weighted by Gasteiger charge is -2.31. The minimum atomic E-state index is -3.95. The first kappa shape index (κ1) is 20.2. The highest BCUT2D eigenvalue weighted by Crippen LogP contribution is 2.34. The van der Waals surface area contributed by atoms with E-state index in [-0.39, 0.29) is 27.4 Å². The van der Waals surface area contributed by atoms with E-state index in [0.717, 1.165) is 10.2 Å². The van der Waals surface area contributed by atoms with Crippen LogP contribution in [0.3, 0.4) is 0 Å². The number of fused-ring (bicyclic) bond motifs is 3. The van der Waals surface area contributed by atoms with Crippen LogP contribution in [-0.2, 0) is 14.6 Å². The standard InChI is InChI=1S/C19H17ClN6O3S2/c20-12-1-3-13(4-2-12)31(28,29)19-18-22-17(25-8-5-11(6-9-25)16(21)27)15-14(7-10-30-15)26(18)24-23-19/h1-4,7,10-11H,5-6,8-9H2,(H2,21,27). The van der Waals surface area contributed by atoms with Crippen molar-refractivity contribution in [2.24, 2.45) is 11.7 Å². The molecule has 0 aliphatic carbocycles. The molecule has 1 aromatic carbocycles. The van der Waals surface area contributed by atoms with Crippen LogP contribution in [0, 0.1) is 5.92 Å². The molecule has 0 radical (unpaired) electrons. The highest BCUT2D eigenvalue weighted by molar-refractivity contribution is 7.91. The van der Waals surface area contributed by atoms with Gasteiger partial charge < -0.3 is 10.6 Å². The SMILES string of the molecule is NC(=O)C1CCN(c2nc3c(S(=O)(=O)c4ccc(Cl)cc4)nnn3c3ccsc23)CC1. The molecule has 1 aliphatic heterocycles. The van der Waals surface area contributed by atoms with Crippen LogP contribution in [0.1, 0.15) is 12.8 Å². The van der Waals surface area contributed by atoms with Gasteiger partial charge in [-0.2, -0.15) is 4.52 Å². The predicted molar refractivity (Wildman–Crippen MR) is 117 cm³/mol. The molecule has 1 saturated heterocycles. The highest BCUT2D eigenvalue weighted by atomic mass is 35.5. The summed E-state index contributed by atoms with van der Waals surface area (Å²) in [5.74, 6) is 0.215. The van der Waals surface area contributed by atoms with E-state index in [1.165, 1.54) is 40.1 Å². The van der Waals surface area contributed by atoms with Crippen molar-refractivity contribution in [1.29, 1.82) is 0 Å². The first-order valence-electron chi connectivity index (χ1n) is 9.54. The van der Waals surface area contributed by atoms with Crippen LogP contribution in [0.5, 0.6) is 0 Å². The maximum Gasteiger partial charge on any atom is 0.229 e. The number of nitrogens with two attached hydrogens (primary N) is 1. The molecule has 31 heavy (non-hydrogen) atoms. The van der Waals surface area contributed by atoms with E-state index in [0.29, 0.717) is 36.8 Å². The predicted octanol–water partition coefficient (Wildman–Crippen LogP) is 2.53. The molecule has 4 aromatic rings. The van der Waals surface area contributed by atoms with Crippen molar-refractivity contribution in [3.05, 3.63) is 40.7 Å². The van der Waals surface area contributed by atoms with Gasteiger partial charge in [0.05, 0.1) is 15.1 Å². The second-order valence-corrected chi connectivity index (χ2v) is 10.5. The van der Waals surface area contributed by atoms with Crippen molar-refractivity contribution in [3.8, 4) is 0 Å². The Labute approximate surface area is 186 Å². The average molecular weight is 477 g/mol. The van der Waals surface area contributed by atoms with Crippen molar-refractivity contribution in [2.75, 3.05) is 18.0 Å². The summed E-state index contributed by atoms with van der Waals surface area (Å²) < 4.78 is 28.8. The third kappa shape index (κ3) is 3.33. The lowest BCUT2D eigenvalue weighted by atomic mass is 9.96. The molecule has 0 saturated carbocycles. The van der Waals surface area contributed by atoms with Gasteiger partial charge in [0, 0.05) is 24.0 Å². The average Bonchev–Trinajstić information content (AvgIpc) is 3.40. The summed E-state index contributed by atoms with van der Waals surface area (Å²) in [5, 5.41) is 10.2. The summed E-state index contributed by atoms with van der Waals surface area (Å²) in [6.45, 7) is 1.20. The monoisotopic (exact) mass is 476 g/mol. The molecular weight excluding hydrogens is 460 g/mol. The Morgan fingerprint density at radius 1 is 1.16 bits per heavy atom. The van der Waals surface area contributed by atoms with E-state index in [1.807, 2.05) is 11.4 Å². The van der Waals surface area contributed by atoms with Crippen molar-refractivity contribution < 1.29 is 13.2 Å². The number of nitrogens with zero attached hydrogens (tertiary/aromatic N) is 5. The number of halogens is 1. The van der Waals surface area contributed by atoms with Gasteiger partial charge in [0.1, 0.15) is 0 Å². The van der Waals surface area contributed by atoms with E-state index >= 15 is 0 Å². The van der Waals surface area contributed by atoms with Crippen LogP contribution in [0.4, 0.5) is 5.82 Å². The van der Waals surface area contributed by atoms with Gasteiger partial charge in [0.25, 0.3) is 0 Å². The third-order valence-corrected chi connectivity index (χ3v) is 8.30. The van der Waals surface area contributed by atoms with Gasteiger partial charge in [-0.15, -0.1) is 16.4 Å². The summed E-state index contributed by atoms with van der Waals surface area (Å²) in [6, 6.07) is 7.75. The van der Waals surface area contributed by atoms with Gasteiger partial charge in [0.2, 0.25) is 20.8 Å². The molecule has 0 spiro atoms. The van der Waals surface area contributed by atoms with E-state index in [2.05, 4.69) is 15.2 Å². The fourth-order valence-corrected chi connectivity index (χ4v) is 6.05. The minimum absolute atomic E-state index is 0.0651. The highest BCUT2D eigenvalue weighted by Gasteiger charge is 2.30. The van der Waals surface area contributed by atoms with E-state index in [9.17, 15) is 13.2 Å². The fourth-order valence-electron chi connectivity index (χ4n) is 3.80. The number of rotatable bonds is 4. The van der Waals surface area contributed by atoms with Gasteiger partial charge in [0.15, 0.2) is 11.5 Å². The largest absolute Gasteiger partial charge is 0.369 e. The Hall–Kier alpha value is -2.76. The quantitative estimate of drug-likeness (QED) is 0.480.